The largest absolute Gasteiger partial charge is 0.420 e. The SMILES string of the molecule is Cc1ccc(-c2nnc(CSc3nnc(-c4ccccc4)n3-c3ccc(C)cc3)o2)cc1. The zero-order chi connectivity index (χ0) is 21.9. The molecule has 0 N–H and O–H groups in total. The normalized spacial score (nSPS) is 11.1. The van der Waals surface area contributed by atoms with E-state index in [2.05, 4.69) is 56.2 Å². The number of hydrogen-bond donors (Lipinski definition) is 0. The molecule has 2 aromatic heterocycles. The molecule has 32 heavy (non-hydrogen) atoms. The topological polar surface area (TPSA) is 69.6 Å². The predicted octanol–water partition coefficient (Wildman–Crippen LogP) is 5.89. The van der Waals surface area contributed by atoms with Crippen molar-refractivity contribution in [3.8, 4) is 28.5 Å². The standard InChI is InChI=1S/C25H21N5OS/c1-17-8-12-20(13-9-17)24-28-26-22(31-24)16-32-25-29-27-23(19-6-4-3-5-7-19)30(25)21-14-10-18(2)11-15-21/h3-15H,16H2,1-2H3. The fourth-order valence-electron chi connectivity index (χ4n) is 3.32. The highest BCUT2D eigenvalue weighted by molar-refractivity contribution is 7.98. The van der Waals surface area contributed by atoms with Crippen LogP contribution in [0.3, 0.4) is 0 Å². The molecule has 0 bridgehead atoms. The second-order valence-electron chi connectivity index (χ2n) is 7.50. The minimum absolute atomic E-state index is 0.498. The van der Waals surface area contributed by atoms with Crippen LogP contribution in [-0.2, 0) is 5.75 Å². The van der Waals surface area contributed by atoms with Crippen LogP contribution in [-0.4, -0.2) is 25.0 Å². The first-order chi connectivity index (χ1) is 15.7. The van der Waals surface area contributed by atoms with E-state index in [1.165, 1.54) is 22.9 Å². The van der Waals surface area contributed by atoms with Crippen LogP contribution < -0.4 is 0 Å². The Bertz CT molecular complexity index is 1330. The highest BCUT2D eigenvalue weighted by atomic mass is 32.2. The van der Waals surface area contributed by atoms with E-state index in [1.54, 1.807) is 0 Å². The molecule has 0 spiro atoms. The summed E-state index contributed by atoms with van der Waals surface area (Å²) in [6, 6.07) is 26.4. The fourth-order valence-corrected chi connectivity index (χ4v) is 4.10. The van der Waals surface area contributed by atoms with E-state index in [-0.39, 0.29) is 0 Å². The summed E-state index contributed by atoms with van der Waals surface area (Å²) in [6.45, 7) is 4.12. The van der Waals surface area contributed by atoms with Crippen molar-refractivity contribution in [1.82, 2.24) is 25.0 Å². The first-order valence-electron chi connectivity index (χ1n) is 10.3. The Balaban J connectivity index is 1.43. The quantitative estimate of drug-likeness (QED) is 0.307. The molecule has 3 aromatic carbocycles. The number of aromatic nitrogens is 5. The average molecular weight is 440 g/mol. The second kappa shape index (κ2) is 8.80. The van der Waals surface area contributed by atoms with Crippen LogP contribution in [0, 0.1) is 13.8 Å². The van der Waals surface area contributed by atoms with Gasteiger partial charge in [-0.3, -0.25) is 4.57 Å². The van der Waals surface area contributed by atoms with Crippen molar-refractivity contribution in [1.29, 1.82) is 0 Å². The summed E-state index contributed by atoms with van der Waals surface area (Å²) in [4.78, 5) is 0. The predicted molar refractivity (Wildman–Crippen MR) is 126 cm³/mol. The van der Waals surface area contributed by atoms with Crippen molar-refractivity contribution in [2.45, 2.75) is 24.8 Å². The lowest BCUT2D eigenvalue weighted by Crippen LogP contribution is -2.00. The Morgan fingerprint density at radius 2 is 1.41 bits per heavy atom. The van der Waals surface area contributed by atoms with Gasteiger partial charge in [0.25, 0.3) is 0 Å². The third kappa shape index (κ3) is 4.20. The van der Waals surface area contributed by atoms with Gasteiger partial charge in [0.2, 0.25) is 11.8 Å². The fraction of sp³-hybridized carbons (Fsp3) is 0.120. The molecule has 0 amide bonds. The molecule has 0 radical (unpaired) electrons. The molecular weight excluding hydrogens is 418 g/mol. The Hall–Kier alpha value is -3.71. The second-order valence-corrected chi connectivity index (χ2v) is 8.44. The zero-order valence-corrected chi connectivity index (χ0v) is 18.6. The Kier molecular flexibility index (Phi) is 5.56. The van der Waals surface area contributed by atoms with E-state index >= 15 is 0 Å². The summed E-state index contributed by atoms with van der Waals surface area (Å²) in [7, 11) is 0. The molecule has 158 valence electrons. The van der Waals surface area contributed by atoms with Gasteiger partial charge in [-0.2, -0.15) is 0 Å². The van der Waals surface area contributed by atoms with Gasteiger partial charge in [0.05, 0.1) is 5.75 Å². The van der Waals surface area contributed by atoms with Crippen LogP contribution in [0.4, 0.5) is 0 Å². The van der Waals surface area contributed by atoms with Crippen LogP contribution in [0.2, 0.25) is 0 Å². The minimum Gasteiger partial charge on any atom is -0.420 e. The van der Waals surface area contributed by atoms with E-state index in [0.29, 0.717) is 17.5 Å². The lowest BCUT2D eigenvalue weighted by Gasteiger charge is -2.10. The van der Waals surface area contributed by atoms with Crippen LogP contribution in [0.25, 0.3) is 28.5 Å². The third-order valence-electron chi connectivity index (χ3n) is 5.05. The molecule has 0 aliphatic heterocycles. The maximum absolute atomic E-state index is 5.88. The van der Waals surface area contributed by atoms with E-state index in [0.717, 1.165) is 27.8 Å². The number of nitrogens with zero attached hydrogens (tertiary/aromatic N) is 5. The van der Waals surface area contributed by atoms with Gasteiger partial charge < -0.3 is 4.42 Å². The first kappa shape index (κ1) is 20.2. The Morgan fingerprint density at radius 1 is 0.719 bits per heavy atom. The lowest BCUT2D eigenvalue weighted by molar-refractivity contribution is 0.528. The van der Waals surface area contributed by atoms with Gasteiger partial charge in [0.1, 0.15) is 0 Å². The molecular formula is C25H21N5OS. The van der Waals surface area contributed by atoms with E-state index in [1.807, 2.05) is 61.5 Å². The maximum Gasteiger partial charge on any atom is 0.247 e. The molecule has 0 aliphatic rings. The molecule has 2 heterocycles. The molecule has 5 aromatic rings. The van der Waals surface area contributed by atoms with E-state index < -0.39 is 0 Å². The van der Waals surface area contributed by atoms with Crippen LogP contribution >= 0.6 is 11.8 Å². The smallest absolute Gasteiger partial charge is 0.247 e. The molecule has 0 aliphatic carbocycles. The van der Waals surface area contributed by atoms with Gasteiger partial charge in [-0.25, -0.2) is 0 Å². The number of thioether (sulfide) groups is 1. The summed E-state index contributed by atoms with van der Waals surface area (Å²) < 4.78 is 7.95. The van der Waals surface area contributed by atoms with Crippen molar-refractivity contribution < 1.29 is 4.42 Å². The van der Waals surface area contributed by atoms with Gasteiger partial charge >= 0.3 is 0 Å². The van der Waals surface area contributed by atoms with Crippen molar-refractivity contribution >= 4 is 11.8 Å². The monoisotopic (exact) mass is 439 g/mol. The molecule has 5 rings (SSSR count). The summed E-state index contributed by atoms with van der Waals surface area (Å²) in [5.41, 5.74) is 5.31. The summed E-state index contributed by atoms with van der Waals surface area (Å²) in [5, 5.41) is 18.1. The molecule has 0 saturated heterocycles. The van der Waals surface area contributed by atoms with Crippen LogP contribution in [0.15, 0.2) is 88.4 Å². The van der Waals surface area contributed by atoms with E-state index in [9.17, 15) is 0 Å². The Labute approximate surface area is 190 Å². The van der Waals surface area contributed by atoms with Gasteiger partial charge in [0.15, 0.2) is 11.0 Å². The van der Waals surface area contributed by atoms with Crippen molar-refractivity contribution in [2.75, 3.05) is 0 Å². The molecule has 0 unspecified atom stereocenters. The van der Waals surface area contributed by atoms with Crippen molar-refractivity contribution in [2.24, 2.45) is 0 Å². The first-order valence-corrected chi connectivity index (χ1v) is 11.3. The maximum atomic E-state index is 5.88. The Morgan fingerprint density at radius 3 is 2.12 bits per heavy atom. The number of benzene rings is 3. The summed E-state index contributed by atoms with van der Waals surface area (Å²) in [6.07, 6.45) is 0. The van der Waals surface area contributed by atoms with Crippen LogP contribution in [0.1, 0.15) is 17.0 Å². The lowest BCUT2D eigenvalue weighted by atomic mass is 10.1. The van der Waals surface area contributed by atoms with Gasteiger partial charge in [-0.1, -0.05) is 77.5 Å². The van der Waals surface area contributed by atoms with Crippen molar-refractivity contribution in [3.63, 3.8) is 0 Å². The number of aryl methyl sites for hydroxylation is 2. The molecule has 0 atom stereocenters. The van der Waals surface area contributed by atoms with Crippen molar-refractivity contribution in [3.05, 3.63) is 95.9 Å². The number of hydrogen-bond acceptors (Lipinski definition) is 6. The zero-order valence-electron chi connectivity index (χ0n) is 17.8. The average Bonchev–Trinajstić information content (AvgIpc) is 3.47. The third-order valence-corrected chi connectivity index (χ3v) is 5.96. The molecule has 0 fully saturated rings. The summed E-state index contributed by atoms with van der Waals surface area (Å²) >= 11 is 1.52. The van der Waals surface area contributed by atoms with E-state index in [4.69, 9.17) is 4.42 Å². The highest BCUT2D eigenvalue weighted by Gasteiger charge is 2.17. The van der Waals surface area contributed by atoms with Gasteiger partial charge in [0, 0.05) is 16.8 Å². The molecule has 6 nitrogen and oxygen atoms in total. The van der Waals surface area contributed by atoms with Crippen LogP contribution in [0.5, 0.6) is 0 Å². The van der Waals surface area contributed by atoms with Gasteiger partial charge in [-0.15, -0.1) is 20.4 Å². The summed E-state index contributed by atoms with van der Waals surface area (Å²) in [5.74, 6) is 2.36. The minimum atomic E-state index is 0.498. The van der Waals surface area contributed by atoms with Gasteiger partial charge in [-0.05, 0) is 38.1 Å². The molecule has 7 heteroatoms. The highest BCUT2D eigenvalue weighted by Crippen LogP contribution is 2.30. The number of rotatable bonds is 6. The molecule has 0 saturated carbocycles.